The molecule has 0 aromatic rings. The molecule has 1 heteroatoms. The van der Waals surface area contributed by atoms with Crippen molar-refractivity contribution in [3.05, 3.63) is 12.7 Å². The van der Waals surface area contributed by atoms with E-state index in [1.165, 1.54) is 6.42 Å². The van der Waals surface area contributed by atoms with Crippen LogP contribution < -0.4 is 0 Å². The second-order valence-electron chi connectivity index (χ2n) is 5.58. The first-order valence-electron chi connectivity index (χ1n) is 5.57. The molecule has 1 fully saturated rings. The third kappa shape index (κ3) is 2.46. The lowest BCUT2D eigenvalue weighted by atomic mass is 9.66. The number of carbonyl (C=O) groups excluding carboxylic acids is 1. The van der Waals surface area contributed by atoms with E-state index in [1.54, 1.807) is 0 Å². The molecule has 80 valence electrons. The number of rotatable bonds is 2. The predicted octanol–water partition coefficient (Wildman–Crippen LogP) is 3.45. The van der Waals surface area contributed by atoms with Crippen LogP contribution in [0, 0.1) is 23.2 Å². The van der Waals surface area contributed by atoms with Crippen LogP contribution in [0.25, 0.3) is 0 Å². The molecule has 0 N–H and O–H groups in total. The summed E-state index contributed by atoms with van der Waals surface area (Å²) in [5.74, 6) is 1.37. The number of aldehydes is 1. The van der Waals surface area contributed by atoms with E-state index in [0.717, 1.165) is 25.0 Å². The van der Waals surface area contributed by atoms with Crippen LogP contribution in [0.15, 0.2) is 12.7 Å². The van der Waals surface area contributed by atoms with Gasteiger partial charge in [0, 0.05) is 5.92 Å². The number of hydrogen-bond acceptors (Lipinski definition) is 1. The molecular formula is C13H22O. The Morgan fingerprint density at radius 1 is 1.21 bits per heavy atom. The zero-order valence-corrected chi connectivity index (χ0v) is 9.62. The van der Waals surface area contributed by atoms with E-state index in [-0.39, 0.29) is 5.92 Å². The van der Waals surface area contributed by atoms with Gasteiger partial charge in [-0.1, -0.05) is 26.8 Å². The maximum Gasteiger partial charge on any atom is 0.123 e. The lowest BCUT2D eigenvalue weighted by molar-refractivity contribution is -0.113. The van der Waals surface area contributed by atoms with Crippen LogP contribution in [0.2, 0.25) is 0 Å². The van der Waals surface area contributed by atoms with Crippen LogP contribution >= 0.6 is 0 Å². The average molecular weight is 194 g/mol. The van der Waals surface area contributed by atoms with Crippen molar-refractivity contribution in [3.8, 4) is 0 Å². The molecule has 1 saturated carbocycles. The molecule has 0 aliphatic heterocycles. The Bertz CT molecular complexity index is 212. The lowest BCUT2D eigenvalue weighted by Gasteiger charge is -2.39. The number of hydrogen-bond donors (Lipinski definition) is 0. The number of allylic oxidation sites excluding steroid dienone is 1. The summed E-state index contributed by atoms with van der Waals surface area (Å²) in [6.45, 7) is 10.7. The van der Waals surface area contributed by atoms with Crippen LogP contribution in [0.3, 0.4) is 0 Å². The van der Waals surface area contributed by atoms with Gasteiger partial charge in [0.1, 0.15) is 6.29 Å². The maximum absolute atomic E-state index is 10.8. The highest BCUT2D eigenvalue weighted by molar-refractivity contribution is 5.54. The minimum atomic E-state index is 0.228. The fourth-order valence-corrected chi connectivity index (χ4v) is 2.46. The normalized spacial score (nSPS) is 33.8. The lowest BCUT2D eigenvalue weighted by Crippen LogP contribution is -2.31. The van der Waals surface area contributed by atoms with Gasteiger partial charge < -0.3 is 4.79 Å². The van der Waals surface area contributed by atoms with E-state index in [0.29, 0.717) is 11.3 Å². The van der Waals surface area contributed by atoms with E-state index >= 15 is 0 Å². The average Bonchev–Trinajstić information content (AvgIpc) is 2.15. The van der Waals surface area contributed by atoms with Crippen molar-refractivity contribution in [2.24, 2.45) is 23.2 Å². The zero-order chi connectivity index (χ0) is 10.8. The van der Waals surface area contributed by atoms with Crippen LogP contribution in [0.1, 0.15) is 40.0 Å². The molecule has 3 unspecified atom stereocenters. The summed E-state index contributed by atoms with van der Waals surface area (Å²) in [5, 5.41) is 0. The number of carbonyl (C=O) groups is 1. The standard InChI is InChI=1S/C13H22O/c1-5-10-8-12(13(2,3)4)7-6-11(10)9-14/h5,9-12H,1,6-8H2,2-4H3. The Labute approximate surface area is 87.6 Å². The van der Waals surface area contributed by atoms with Crippen LogP contribution in [-0.2, 0) is 4.79 Å². The summed E-state index contributed by atoms with van der Waals surface area (Å²) in [5.41, 5.74) is 0.370. The SMILES string of the molecule is C=CC1CC(C(C)(C)C)CCC1C=O. The van der Waals surface area contributed by atoms with E-state index in [2.05, 4.69) is 27.4 Å². The third-order valence-corrected chi connectivity index (χ3v) is 3.66. The Morgan fingerprint density at radius 2 is 1.86 bits per heavy atom. The van der Waals surface area contributed by atoms with Gasteiger partial charge in [0.05, 0.1) is 0 Å². The molecule has 0 heterocycles. The largest absolute Gasteiger partial charge is 0.303 e. The highest BCUT2D eigenvalue weighted by atomic mass is 16.1. The Morgan fingerprint density at radius 3 is 2.29 bits per heavy atom. The van der Waals surface area contributed by atoms with Gasteiger partial charge in [0.2, 0.25) is 0 Å². The van der Waals surface area contributed by atoms with Crippen molar-refractivity contribution >= 4 is 6.29 Å². The minimum Gasteiger partial charge on any atom is -0.303 e. The molecular weight excluding hydrogens is 172 g/mol. The summed E-state index contributed by atoms with van der Waals surface area (Å²) in [4.78, 5) is 10.8. The molecule has 0 aromatic heterocycles. The molecule has 1 rings (SSSR count). The molecule has 1 aliphatic carbocycles. The zero-order valence-electron chi connectivity index (χ0n) is 9.62. The monoisotopic (exact) mass is 194 g/mol. The van der Waals surface area contributed by atoms with Gasteiger partial charge in [-0.15, -0.1) is 6.58 Å². The maximum atomic E-state index is 10.8. The fourth-order valence-electron chi connectivity index (χ4n) is 2.46. The fraction of sp³-hybridized carbons (Fsp3) is 0.769. The Hall–Kier alpha value is -0.590. The molecule has 0 amide bonds. The van der Waals surface area contributed by atoms with Gasteiger partial charge in [0.15, 0.2) is 0 Å². The summed E-state index contributed by atoms with van der Waals surface area (Å²) < 4.78 is 0. The van der Waals surface area contributed by atoms with Gasteiger partial charge in [-0.25, -0.2) is 0 Å². The summed E-state index contributed by atoms with van der Waals surface area (Å²) in [6.07, 6.45) is 6.46. The van der Waals surface area contributed by atoms with Crippen LogP contribution in [0.4, 0.5) is 0 Å². The van der Waals surface area contributed by atoms with Crippen molar-refractivity contribution in [2.75, 3.05) is 0 Å². The summed E-state index contributed by atoms with van der Waals surface area (Å²) >= 11 is 0. The molecule has 0 radical (unpaired) electrons. The molecule has 0 aromatic carbocycles. The second kappa shape index (κ2) is 4.29. The van der Waals surface area contributed by atoms with Gasteiger partial charge in [-0.05, 0) is 36.5 Å². The first-order valence-corrected chi connectivity index (χ1v) is 5.57. The van der Waals surface area contributed by atoms with Gasteiger partial charge in [-0.2, -0.15) is 0 Å². The van der Waals surface area contributed by atoms with Crippen molar-refractivity contribution in [1.29, 1.82) is 0 Å². The highest BCUT2D eigenvalue weighted by Gasteiger charge is 2.34. The van der Waals surface area contributed by atoms with Gasteiger partial charge in [-0.3, -0.25) is 0 Å². The molecule has 0 spiro atoms. The van der Waals surface area contributed by atoms with Crippen LogP contribution in [-0.4, -0.2) is 6.29 Å². The molecule has 0 saturated heterocycles. The first kappa shape index (κ1) is 11.5. The summed E-state index contributed by atoms with van der Waals surface area (Å²) in [7, 11) is 0. The van der Waals surface area contributed by atoms with E-state index in [4.69, 9.17) is 0 Å². The van der Waals surface area contributed by atoms with Crippen LogP contribution in [0.5, 0.6) is 0 Å². The van der Waals surface area contributed by atoms with Gasteiger partial charge in [0.25, 0.3) is 0 Å². The molecule has 3 atom stereocenters. The third-order valence-electron chi connectivity index (χ3n) is 3.66. The second-order valence-corrected chi connectivity index (χ2v) is 5.58. The van der Waals surface area contributed by atoms with Crippen molar-refractivity contribution in [1.82, 2.24) is 0 Å². The molecule has 0 bridgehead atoms. The highest BCUT2D eigenvalue weighted by Crippen LogP contribution is 2.42. The van der Waals surface area contributed by atoms with E-state index in [9.17, 15) is 4.79 Å². The van der Waals surface area contributed by atoms with Gasteiger partial charge >= 0.3 is 0 Å². The van der Waals surface area contributed by atoms with Crippen molar-refractivity contribution < 1.29 is 4.79 Å². The molecule has 14 heavy (non-hydrogen) atoms. The quantitative estimate of drug-likeness (QED) is 0.486. The molecule has 1 nitrogen and oxygen atoms in total. The Kier molecular flexibility index (Phi) is 3.52. The van der Waals surface area contributed by atoms with Crippen molar-refractivity contribution in [3.63, 3.8) is 0 Å². The first-order chi connectivity index (χ1) is 6.49. The van der Waals surface area contributed by atoms with Crippen molar-refractivity contribution in [2.45, 2.75) is 40.0 Å². The van der Waals surface area contributed by atoms with E-state index < -0.39 is 0 Å². The molecule has 1 aliphatic rings. The minimum absolute atomic E-state index is 0.228. The van der Waals surface area contributed by atoms with E-state index in [1.807, 2.05) is 6.08 Å². The predicted molar refractivity (Wildman–Crippen MR) is 60.0 cm³/mol. The topological polar surface area (TPSA) is 17.1 Å². The smallest absolute Gasteiger partial charge is 0.123 e. The summed E-state index contributed by atoms with van der Waals surface area (Å²) in [6, 6.07) is 0. The Balaban J connectivity index is 2.65.